The van der Waals surface area contributed by atoms with E-state index >= 15 is 0 Å². The van der Waals surface area contributed by atoms with E-state index in [9.17, 15) is 14.0 Å². The van der Waals surface area contributed by atoms with Crippen LogP contribution in [0, 0.1) is 5.82 Å². The molecular formula is C16H5Br2FO4S2. The van der Waals surface area contributed by atoms with Gasteiger partial charge in [0.2, 0.25) is 0 Å². The van der Waals surface area contributed by atoms with Crippen molar-refractivity contribution in [2.75, 3.05) is 0 Å². The predicted molar refractivity (Wildman–Crippen MR) is 103 cm³/mol. The van der Waals surface area contributed by atoms with E-state index in [1.54, 1.807) is 6.07 Å². The highest BCUT2D eigenvalue weighted by molar-refractivity contribution is 9.12. The molecule has 0 aliphatic carbocycles. The third-order valence-corrected chi connectivity index (χ3v) is 7.55. The average Bonchev–Trinajstić information content (AvgIpc) is 3.06. The van der Waals surface area contributed by atoms with Gasteiger partial charge in [0, 0.05) is 0 Å². The van der Waals surface area contributed by atoms with Crippen LogP contribution >= 0.6 is 54.5 Å². The van der Waals surface area contributed by atoms with Gasteiger partial charge in [0.05, 0.1) is 29.3 Å². The van der Waals surface area contributed by atoms with Crippen LogP contribution in [0.5, 0.6) is 5.75 Å². The van der Waals surface area contributed by atoms with Crippen molar-refractivity contribution in [1.29, 1.82) is 0 Å². The molecule has 1 aromatic carbocycles. The number of benzene rings is 1. The maximum atomic E-state index is 14.6. The van der Waals surface area contributed by atoms with E-state index in [2.05, 4.69) is 31.9 Å². The van der Waals surface area contributed by atoms with Crippen LogP contribution in [0.25, 0.3) is 20.9 Å². The second kappa shape index (κ2) is 6.31. The highest BCUT2D eigenvalue weighted by atomic mass is 79.9. The molecule has 9 heteroatoms. The maximum absolute atomic E-state index is 14.6. The molecule has 0 bridgehead atoms. The highest BCUT2D eigenvalue weighted by Crippen LogP contribution is 2.45. The number of fused-ring (bicyclic) bond motifs is 2. The van der Waals surface area contributed by atoms with Crippen LogP contribution in [0.2, 0.25) is 0 Å². The van der Waals surface area contributed by atoms with Crippen molar-refractivity contribution >= 4 is 81.4 Å². The molecule has 0 unspecified atom stereocenters. The molecule has 0 aliphatic heterocycles. The first-order chi connectivity index (χ1) is 12.0. The van der Waals surface area contributed by atoms with Crippen molar-refractivity contribution in [3.63, 3.8) is 0 Å². The van der Waals surface area contributed by atoms with Crippen molar-refractivity contribution < 1.29 is 18.3 Å². The van der Waals surface area contributed by atoms with Crippen molar-refractivity contribution in [3.8, 4) is 5.75 Å². The topological polar surface area (TPSA) is 56.5 Å². The standard InChI is InChI=1S/C16H5Br2FO4S2/c17-13-9-10(19)12(24-11(9)14(18)25-13)16(21)23-7-1-2-8-6(5-7)3-4-22-15(8)20/h1-5H. The summed E-state index contributed by atoms with van der Waals surface area (Å²) in [6, 6.07) is 6.09. The lowest BCUT2D eigenvalue weighted by Gasteiger charge is -2.04. The number of hydrogen-bond acceptors (Lipinski definition) is 6. The number of ether oxygens (including phenoxy) is 1. The quantitative estimate of drug-likeness (QED) is 0.250. The second-order valence-corrected chi connectivity index (χ2v) is 9.62. The summed E-state index contributed by atoms with van der Waals surface area (Å²) in [7, 11) is 0. The van der Waals surface area contributed by atoms with Crippen LogP contribution in [0.15, 0.2) is 47.3 Å². The lowest BCUT2D eigenvalue weighted by Crippen LogP contribution is -2.08. The Bertz CT molecular complexity index is 1210. The van der Waals surface area contributed by atoms with Gasteiger partial charge in [-0.05, 0) is 61.5 Å². The summed E-state index contributed by atoms with van der Waals surface area (Å²) in [5, 5.41) is 1.31. The molecule has 0 spiro atoms. The monoisotopic (exact) mass is 502 g/mol. The lowest BCUT2D eigenvalue weighted by atomic mass is 10.2. The van der Waals surface area contributed by atoms with Crippen molar-refractivity contribution in [2.24, 2.45) is 0 Å². The first-order valence-corrected chi connectivity index (χ1v) is 9.97. The van der Waals surface area contributed by atoms with Crippen LogP contribution in [-0.2, 0) is 0 Å². The Morgan fingerprint density at radius 3 is 2.72 bits per heavy atom. The van der Waals surface area contributed by atoms with Crippen molar-refractivity contribution in [3.05, 3.63) is 59.2 Å². The molecule has 0 atom stereocenters. The number of carbonyl (C=O) groups excluding carboxylic acids is 1. The SMILES string of the molecule is O=C(Oc1ccc2c(=O)occc2c1)c1sc2c(Br)sc(Br)c2c1F. The second-order valence-electron chi connectivity index (χ2n) is 4.95. The van der Waals surface area contributed by atoms with Gasteiger partial charge in [-0.25, -0.2) is 14.0 Å². The van der Waals surface area contributed by atoms with Gasteiger partial charge in [-0.3, -0.25) is 0 Å². The summed E-state index contributed by atoms with van der Waals surface area (Å²) in [6.45, 7) is 0. The van der Waals surface area contributed by atoms with Gasteiger partial charge >= 0.3 is 11.6 Å². The molecule has 3 heterocycles. The van der Waals surface area contributed by atoms with Crippen LogP contribution in [0.1, 0.15) is 9.67 Å². The molecule has 4 nitrogen and oxygen atoms in total. The van der Waals surface area contributed by atoms with E-state index in [1.165, 1.54) is 35.8 Å². The molecule has 126 valence electrons. The molecular weight excluding hydrogens is 499 g/mol. The number of rotatable bonds is 2. The minimum atomic E-state index is -0.787. The van der Waals surface area contributed by atoms with Gasteiger partial charge in [-0.15, -0.1) is 22.7 Å². The van der Waals surface area contributed by atoms with Crippen molar-refractivity contribution in [1.82, 2.24) is 0 Å². The molecule has 0 saturated heterocycles. The van der Waals surface area contributed by atoms with Gasteiger partial charge in [-0.2, -0.15) is 0 Å². The van der Waals surface area contributed by atoms with Gasteiger partial charge in [-0.1, -0.05) is 0 Å². The summed E-state index contributed by atoms with van der Waals surface area (Å²) in [5.74, 6) is -1.18. The summed E-state index contributed by atoms with van der Waals surface area (Å²) < 4.78 is 26.6. The summed E-state index contributed by atoms with van der Waals surface area (Å²) >= 11 is 9.02. The molecule has 3 aromatic heterocycles. The summed E-state index contributed by atoms with van der Waals surface area (Å²) in [6.07, 6.45) is 1.26. The first-order valence-electron chi connectivity index (χ1n) is 6.75. The fraction of sp³-hybridized carbons (Fsp3) is 0. The van der Waals surface area contributed by atoms with Crippen LogP contribution in [0.4, 0.5) is 4.39 Å². The minimum Gasteiger partial charge on any atom is -0.431 e. The van der Waals surface area contributed by atoms with E-state index < -0.39 is 17.4 Å². The highest BCUT2D eigenvalue weighted by Gasteiger charge is 2.25. The zero-order valence-corrected chi connectivity index (χ0v) is 16.8. The minimum absolute atomic E-state index is 0.105. The normalized spacial score (nSPS) is 11.3. The average molecular weight is 504 g/mol. The van der Waals surface area contributed by atoms with Crippen LogP contribution in [-0.4, -0.2) is 5.97 Å². The number of carbonyl (C=O) groups is 1. The van der Waals surface area contributed by atoms with E-state index in [4.69, 9.17) is 9.15 Å². The zero-order chi connectivity index (χ0) is 17.7. The fourth-order valence-corrected chi connectivity index (χ4v) is 6.77. The summed E-state index contributed by atoms with van der Waals surface area (Å²) in [4.78, 5) is 23.8. The third kappa shape index (κ3) is 2.84. The molecule has 4 rings (SSSR count). The molecule has 0 amide bonds. The van der Waals surface area contributed by atoms with Crippen molar-refractivity contribution in [2.45, 2.75) is 0 Å². The zero-order valence-electron chi connectivity index (χ0n) is 12.0. The van der Waals surface area contributed by atoms with Crippen LogP contribution in [0.3, 0.4) is 0 Å². The van der Waals surface area contributed by atoms with Crippen LogP contribution < -0.4 is 10.4 Å². The maximum Gasteiger partial charge on any atom is 0.356 e. The molecule has 0 fully saturated rings. The fourth-order valence-electron chi connectivity index (χ4n) is 2.35. The number of halogens is 3. The molecule has 0 N–H and O–H groups in total. The first kappa shape index (κ1) is 16.9. The van der Waals surface area contributed by atoms with Gasteiger partial charge in [0.1, 0.15) is 10.6 Å². The molecule has 0 radical (unpaired) electrons. The van der Waals surface area contributed by atoms with E-state index in [0.29, 0.717) is 24.6 Å². The molecule has 4 aromatic rings. The number of thiophene rings is 2. The van der Waals surface area contributed by atoms with E-state index in [-0.39, 0.29) is 10.6 Å². The Morgan fingerprint density at radius 2 is 1.96 bits per heavy atom. The van der Waals surface area contributed by atoms with E-state index in [0.717, 1.165) is 15.1 Å². The molecule has 25 heavy (non-hydrogen) atoms. The van der Waals surface area contributed by atoms with Gasteiger partial charge in [0.25, 0.3) is 0 Å². The predicted octanol–water partition coefficient (Wildman–Crippen LogP) is 5.95. The Labute approximate surface area is 164 Å². The smallest absolute Gasteiger partial charge is 0.356 e. The molecule has 0 saturated carbocycles. The lowest BCUT2D eigenvalue weighted by molar-refractivity contribution is 0.0736. The Morgan fingerprint density at radius 1 is 1.16 bits per heavy atom. The Hall–Kier alpha value is -1.55. The summed E-state index contributed by atoms with van der Waals surface area (Å²) in [5.41, 5.74) is -0.477. The number of hydrogen-bond donors (Lipinski definition) is 0. The van der Waals surface area contributed by atoms with E-state index in [1.807, 2.05) is 0 Å². The van der Waals surface area contributed by atoms with Gasteiger partial charge < -0.3 is 9.15 Å². The van der Waals surface area contributed by atoms with Gasteiger partial charge in [0.15, 0.2) is 5.82 Å². The Balaban J connectivity index is 1.72. The number of esters is 1. The molecule has 0 aliphatic rings. The largest absolute Gasteiger partial charge is 0.431 e. The third-order valence-electron chi connectivity index (χ3n) is 3.47. The Kier molecular flexibility index (Phi) is 4.27.